The molecule has 0 bridgehead atoms. The topological polar surface area (TPSA) is 67.3 Å². The SMILES string of the molecule is N#Cc1c(-n2c3ccc(Br)cc3c3cc(Br)ccc32)c(-n2c3ccc(Br)cc3c3cc(Br)ccc32)c(C#N)c(-n2c3ccc(Br)cc3c3cc(Br)ccc32)c1-n1c2ccc(Br)cc2c2cc(Br)ccc21. The van der Waals surface area contributed by atoms with Gasteiger partial charge in [0.1, 0.15) is 23.3 Å². The molecule has 0 atom stereocenters. The van der Waals surface area contributed by atoms with Gasteiger partial charge in [0.2, 0.25) is 0 Å². The Morgan fingerprint density at radius 1 is 0.243 bits per heavy atom. The number of hydrogen-bond acceptors (Lipinski definition) is 2. The van der Waals surface area contributed by atoms with Crippen LogP contribution in [-0.4, -0.2) is 18.3 Å². The first kappa shape index (κ1) is 44.9. The highest BCUT2D eigenvalue weighted by atomic mass is 79.9. The molecule has 0 unspecified atom stereocenters. The Morgan fingerprint density at radius 3 is 0.514 bits per heavy atom. The maximum Gasteiger partial charge on any atom is 0.104 e. The van der Waals surface area contributed by atoms with E-state index in [9.17, 15) is 10.5 Å². The lowest BCUT2D eigenvalue weighted by atomic mass is 9.98. The smallest absolute Gasteiger partial charge is 0.104 e. The molecule has 14 heteroatoms. The van der Waals surface area contributed by atoms with Crippen LogP contribution in [0, 0.1) is 22.7 Å². The van der Waals surface area contributed by atoms with Crippen molar-refractivity contribution in [1.82, 2.24) is 18.3 Å². The Labute approximate surface area is 465 Å². The number of aromatic nitrogens is 4. The molecule has 13 rings (SSSR count). The number of halogens is 8. The lowest BCUT2D eigenvalue weighted by Crippen LogP contribution is -2.16. The molecule has 70 heavy (non-hydrogen) atoms. The van der Waals surface area contributed by atoms with Gasteiger partial charge in [-0.3, -0.25) is 0 Å². The van der Waals surface area contributed by atoms with Crippen LogP contribution in [0.25, 0.3) is 110 Å². The van der Waals surface area contributed by atoms with Gasteiger partial charge >= 0.3 is 0 Å². The van der Waals surface area contributed by atoms with Gasteiger partial charge in [-0.2, -0.15) is 10.5 Å². The van der Waals surface area contributed by atoms with E-state index in [-0.39, 0.29) is 0 Å². The van der Waals surface area contributed by atoms with Gasteiger partial charge in [0.15, 0.2) is 0 Å². The minimum Gasteiger partial charge on any atom is -0.306 e. The maximum absolute atomic E-state index is 12.5. The predicted octanol–water partition coefficient (Wildman–Crippen LogP) is 19.9. The summed E-state index contributed by atoms with van der Waals surface area (Å²) in [7, 11) is 0. The number of nitrogens with zero attached hydrogens (tertiary/aromatic N) is 6. The van der Waals surface area contributed by atoms with Crippen LogP contribution in [0.1, 0.15) is 11.1 Å². The van der Waals surface area contributed by atoms with Gasteiger partial charge < -0.3 is 18.3 Å². The minimum absolute atomic E-state index is 0.367. The number of hydrogen-bond donors (Lipinski definition) is 0. The molecule has 0 amide bonds. The summed E-state index contributed by atoms with van der Waals surface area (Å²) in [6.07, 6.45) is 0. The van der Waals surface area contributed by atoms with E-state index in [1.54, 1.807) is 0 Å². The van der Waals surface area contributed by atoms with Crippen LogP contribution in [0.4, 0.5) is 0 Å². The third-order valence-electron chi connectivity index (χ3n) is 13.3. The van der Waals surface area contributed by atoms with E-state index in [0.717, 1.165) is 123 Å². The van der Waals surface area contributed by atoms with Crippen molar-refractivity contribution >= 4 is 215 Å². The summed E-state index contributed by atoms with van der Waals surface area (Å²) in [6.45, 7) is 0. The molecular formula is C56H24Br8N6. The number of fused-ring (bicyclic) bond motifs is 12. The normalized spacial score (nSPS) is 12.0. The van der Waals surface area contributed by atoms with Crippen molar-refractivity contribution in [2.45, 2.75) is 0 Å². The van der Waals surface area contributed by atoms with Crippen molar-refractivity contribution in [2.75, 3.05) is 0 Å². The highest BCUT2D eigenvalue weighted by Gasteiger charge is 2.35. The zero-order chi connectivity index (χ0) is 48.0. The quantitative estimate of drug-likeness (QED) is 0.176. The number of benzene rings is 9. The van der Waals surface area contributed by atoms with Crippen molar-refractivity contribution in [3.63, 3.8) is 0 Å². The second-order valence-electron chi connectivity index (χ2n) is 17.0. The highest BCUT2D eigenvalue weighted by Crippen LogP contribution is 2.50. The molecule has 4 heterocycles. The lowest BCUT2D eigenvalue weighted by Gasteiger charge is -2.27. The molecule has 13 aromatic rings. The van der Waals surface area contributed by atoms with Crippen molar-refractivity contribution in [1.29, 1.82) is 10.5 Å². The molecule has 0 N–H and O–H groups in total. The van der Waals surface area contributed by atoms with Gasteiger partial charge in [0.25, 0.3) is 0 Å². The van der Waals surface area contributed by atoms with Crippen molar-refractivity contribution in [2.24, 2.45) is 0 Å². The van der Waals surface area contributed by atoms with Crippen LogP contribution in [-0.2, 0) is 0 Å². The van der Waals surface area contributed by atoms with E-state index in [4.69, 9.17) is 0 Å². The van der Waals surface area contributed by atoms with E-state index in [2.05, 4.69) is 255 Å². The van der Waals surface area contributed by atoms with Gasteiger partial charge in [0, 0.05) is 78.9 Å². The summed E-state index contributed by atoms with van der Waals surface area (Å²) in [5.74, 6) is 0. The largest absolute Gasteiger partial charge is 0.306 e. The number of rotatable bonds is 4. The van der Waals surface area contributed by atoms with Crippen LogP contribution in [0.5, 0.6) is 0 Å². The third-order valence-corrected chi connectivity index (χ3v) is 17.2. The Bertz CT molecular complexity index is 3810. The minimum atomic E-state index is 0.367. The van der Waals surface area contributed by atoms with Gasteiger partial charge in [-0.25, -0.2) is 0 Å². The van der Waals surface area contributed by atoms with E-state index >= 15 is 0 Å². The molecule has 0 fully saturated rings. The van der Waals surface area contributed by atoms with Crippen LogP contribution in [0.3, 0.4) is 0 Å². The zero-order valence-electron chi connectivity index (χ0n) is 35.6. The zero-order valence-corrected chi connectivity index (χ0v) is 48.3. The standard InChI is InChI=1S/C56H24Br8N6/c57-27-1-9-45-35(17-27)36-18-28(58)2-10-46(36)67(45)53-43(25-65)55(69-49-13-5-31(61)21-39(49)40-22-32(62)6-14-50(40)69)56(70-51-15-7-33(63)23-41(51)42-24-34(64)8-16-52(42)70)44(26-66)54(53)68-47-11-3-29(59)19-37(47)38-20-30(60)4-12-48(38)68/h1-24H. The first-order valence-electron chi connectivity index (χ1n) is 21.5. The monoisotopic (exact) mass is 1410 g/mol. The average molecular weight is 1420 g/mol. The fourth-order valence-electron chi connectivity index (χ4n) is 10.6. The van der Waals surface area contributed by atoms with Crippen molar-refractivity contribution in [3.8, 4) is 34.9 Å². The number of nitriles is 2. The molecule has 0 aliphatic rings. The summed E-state index contributed by atoms with van der Waals surface area (Å²) in [5, 5.41) is 32.9. The molecule has 4 aromatic heterocycles. The molecule has 0 saturated heterocycles. The summed E-state index contributed by atoms with van der Waals surface area (Å²) in [5.41, 5.74) is 9.89. The summed E-state index contributed by atoms with van der Waals surface area (Å²) < 4.78 is 16.1. The predicted molar refractivity (Wildman–Crippen MR) is 315 cm³/mol. The van der Waals surface area contributed by atoms with Crippen molar-refractivity contribution < 1.29 is 0 Å². The second kappa shape index (κ2) is 16.8. The van der Waals surface area contributed by atoms with Crippen molar-refractivity contribution in [3.05, 3.63) is 193 Å². The summed E-state index contributed by atoms with van der Waals surface area (Å²) in [6, 6.07) is 55.8. The molecule has 0 aliphatic heterocycles. The van der Waals surface area contributed by atoms with E-state index in [0.29, 0.717) is 33.9 Å². The fourth-order valence-corrected chi connectivity index (χ4v) is 13.5. The van der Waals surface area contributed by atoms with E-state index < -0.39 is 0 Å². The Morgan fingerprint density at radius 2 is 0.386 bits per heavy atom. The van der Waals surface area contributed by atoms with E-state index in [1.165, 1.54) is 0 Å². The molecule has 334 valence electrons. The average Bonchev–Trinajstić information content (AvgIpc) is 4.03. The Hall–Kier alpha value is -5.00. The second-order valence-corrected chi connectivity index (χ2v) is 24.3. The summed E-state index contributed by atoms with van der Waals surface area (Å²) in [4.78, 5) is 0. The molecule has 0 radical (unpaired) electrons. The first-order valence-corrected chi connectivity index (χ1v) is 27.9. The molecule has 0 saturated carbocycles. The molecule has 9 aromatic carbocycles. The van der Waals surface area contributed by atoms with Crippen LogP contribution >= 0.6 is 127 Å². The Kier molecular flexibility index (Phi) is 10.8. The van der Waals surface area contributed by atoms with Crippen LogP contribution in [0.15, 0.2) is 181 Å². The van der Waals surface area contributed by atoms with E-state index in [1.807, 2.05) is 48.5 Å². The highest BCUT2D eigenvalue weighted by molar-refractivity contribution is 9.11. The van der Waals surface area contributed by atoms with Crippen LogP contribution in [0.2, 0.25) is 0 Å². The third kappa shape index (κ3) is 6.64. The van der Waals surface area contributed by atoms with Gasteiger partial charge in [-0.05, 0) is 146 Å². The first-order chi connectivity index (χ1) is 33.9. The lowest BCUT2D eigenvalue weighted by molar-refractivity contribution is 1.02. The fraction of sp³-hybridized carbons (Fsp3) is 0. The molecule has 6 nitrogen and oxygen atoms in total. The molecule has 0 aliphatic carbocycles. The van der Waals surface area contributed by atoms with Gasteiger partial charge in [-0.15, -0.1) is 0 Å². The Balaban J connectivity index is 1.39. The molecule has 0 spiro atoms. The van der Waals surface area contributed by atoms with Gasteiger partial charge in [0.05, 0.1) is 66.9 Å². The van der Waals surface area contributed by atoms with Gasteiger partial charge in [-0.1, -0.05) is 127 Å². The van der Waals surface area contributed by atoms with Crippen LogP contribution < -0.4 is 0 Å². The molecular weight excluding hydrogens is 1400 g/mol. The summed E-state index contributed by atoms with van der Waals surface area (Å²) >= 11 is 30.3. The maximum atomic E-state index is 12.5.